The maximum absolute atomic E-state index is 12.5. The normalized spacial score (nSPS) is 11.0. The molecule has 0 bridgehead atoms. The smallest absolute Gasteiger partial charge is 0.266 e. The summed E-state index contributed by atoms with van der Waals surface area (Å²) >= 11 is 0. The lowest BCUT2D eigenvalue weighted by Gasteiger charge is -2.06. The molecule has 0 aliphatic heterocycles. The first-order valence-electron chi connectivity index (χ1n) is 8.72. The quantitative estimate of drug-likeness (QED) is 0.541. The molecule has 3 rings (SSSR count). The molecular weight excluding hydrogens is 352 g/mol. The van der Waals surface area contributed by atoms with Gasteiger partial charge in [-0.25, -0.2) is 4.68 Å². The first kappa shape index (κ1) is 18.9. The van der Waals surface area contributed by atoms with Crippen LogP contribution in [0.4, 0.5) is 5.69 Å². The van der Waals surface area contributed by atoms with Gasteiger partial charge in [-0.3, -0.25) is 4.79 Å². The summed E-state index contributed by atoms with van der Waals surface area (Å²) in [5.74, 6) is 0.215. The van der Waals surface area contributed by atoms with Crippen molar-refractivity contribution in [1.29, 1.82) is 5.26 Å². The number of aryl methyl sites for hydroxylation is 1. The fourth-order valence-electron chi connectivity index (χ4n) is 2.85. The Morgan fingerprint density at radius 1 is 1.14 bits per heavy atom. The van der Waals surface area contributed by atoms with E-state index >= 15 is 0 Å². The van der Waals surface area contributed by atoms with E-state index in [1.807, 2.05) is 50.2 Å². The van der Waals surface area contributed by atoms with Gasteiger partial charge in [-0.1, -0.05) is 18.2 Å². The predicted molar refractivity (Wildman–Crippen MR) is 108 cm³/mol. The number of ether oxygens (including phenoxy) is 1. The number of amides is 1. The molecule has 1 N–H and O–H groups in total. The standard InChI is InChI=1S/C22H20N4O2/c1-15-21(16(2)26(25-15)19-7-5-4-6-8-19)13-17(14-23)22(27)24-18-9-11-20(28-3)12-10-18/h4-13H,1-3H3,(H,24,27)/b17-13-. The first-order chi connectivity index (χ1) is 13.5. The molecule has 0 unspecified atom stereocenters. The molecule has 2 aromatic carbocycles. The Morgan fingerprint density at radius 3 is 2.43 bits per heavy atom. The number of aromatic nitrogens is 2. The minimum atomic E-state index is -0.473. The van der Waals surface area contributed by atoms with Crippen LogP contribution in [0.1, 0.15) is 17.0 Å². The van der Waals surface area contributed by atoms with E-state index in [2.05, 4.69) is 10.4 Å². The van der Waals surface area contributed by atoms with Crippen LogP contribution < -0.4 is 10.1 Å². The Balaban J connectivity index is 1.89. The largest absolute Gasteiger partial charge is 0.497 e. The fraction of sp³-hybridized carbons (Fsp3) is 0.136. The van der Waals surface area contributed by atoms with Crippen LogP contribution in [0, 0.1) is 25.2 Å². The molecule has 0 saturated heterocycles. The molecular formula is C22H20N4O2. The summed E-state index contributed by atoms with van der Waals surface area (Å²) in [7, 11) is 1.57. The highest BCUT2D eigenvalue weighted by atomic mass is 16.5. The lowest BCUT2D eigenvalue weighted by Crippen LogP contribution is -2.13. The van der Waals surface area contributed by atoms with Gasteiger partial charge in [0, 0.05) is 16.9 Å². The van der Waals surface area contributed by atoms with E-state index < -0.39 is 5.91 Å². The molecule has 0 saturated carbocycles. The number of carbonyl (C=O) groups excluding carboxylic acids is 1. The topological polar surface area (TPSA) is 79.9 Å². The average Bonchev–Trinajstić information content (AvgIpc) is 3.01. The summed E-state index contributed by atoms with van der Waals surface area (Å²) in [6.07, 6.45) is 1.58. The van der Waals surface area contributed by atoms with Gasteiger partial charge >= 0.3 is 0 Å². The van der Waals surface area contributed by atoms with E-state index in [9.17, 15) is 10.1 Å². The van der Waals surface area contributed by atoms with Crippen LogP contribution in [0.3, 0.4) is 0 Å². The molecule has 0 radical (unpaired) electrons. The highest BCUT2D eigenvalue weighted by molar-refractivity contribution is 6.09. The van der Waals surface area contributed by atoms with Crippen LogP contribution in [0.2, 0.25) is 0 Å². The zero-order valence-corrected chi connectivity index (χ0v) is 15.9. The Hall–Kier alpha value is -3.85. The fourth-order valence-corrected chi connectivity index (χ4v) is 2.85. The molecule has 1 aromatic heterocycles. The number of anilines is 1. The van der Waals surface area contributed by atoms with Crippen LogP contribution in [-0.4, -0.2) is 22.8 Å². The number of nitrogens with zero attached hydrogens (tertiary/aromatic N) is 3. The molecule has 1 amide bonds. The van der Waals surface area contributed by atoms with Crippen molar-refractivity contribution in [3.05, 3.63) is 77.1 Å². The average molecular weight is 372 g/mol. The van der Waals surface area contributed by atoms with Gasteiger partial charge in [0.1, 0.15) is 17.4 Å². The van der Waals surface area contributed by atoms with Crippen molar-refractivity contribution >= 4 is 17.7 Å². The van der Waals surface area contributed by atoms with Gasteiger partial charge in [-0.05, 0) is 56.3 Å². The van der Waals surface area contributed by atoms with Crippen LogP contribution in [-0.2, 0) is 4.79 Å². The van der Waals surface area contributed by atoms with Crippen molar-refractivity contribution < 1.29 is 9.53 Å². The van der Waals surface area contributed by atoms with Gasteiger partial charge in [0.15, 0.2) is 0 Å². The third-order valence-electron chi connectivity index (χ3n) is 4.35. The van der Waals surface area contributed by atoms with E-state index in [1.165, 1.54) is 0 Å². The Morgan fingerprint density at radius 2 is 1.82 bits per heavy atom. The lowest BCUT2D eigenvalue weighted by molar-refractivity contribution is -0.112. The number of carbonyl (C=O) groups is 1. The van der Waals surface area contributed by atoms with Crippen LogP contribution >= 0.6 is 0 Å². The number of methoxy groups -OCH3 is 1. The van der Waals surface area contributed by atoms with E-state index in [1.54, 1.807) is 42.1 Å². The van der Waals surface area contributed by atoms with Gasteiger partial charge in [0.05, 0.1) is 18.5 Å². The number of rotatable bonds is 5. The first-order valence-corrected chi connectivity index (χ1v) is 8.72. The summed E-state index contributed by atoms with van der Waals surface area (Å²) < 4.78 is 6.90. The summed E-state index contributed by atoms with van der Waals surface area (Å²) in [5.41, 5.74) is 3.87. The minimum absolute atomic E-state index is 0.00892. The molecule has 6 heteroatoms. The number of nitriles is 1. The molecule has 0 aliphatic rings. The summed E-state index contributed by atoms with van der Waals surface area (Å²) in [6, 6.07) is 18.6. The highest BCUT2D eigenvalue weighted by Crippen LogP contribution is 2.21. The molecule has 0 aliphatic carbocycles. The van der Waals surface area contributed by atoms with Crippen molar-refractivity contribution in [3.8, 4) is 17.5 Å². The second kappa shape index (κ2) is 8.23. The predicted octanol–water partition coefficient (Wildman–Crippen LogP) is 4.04. The highest BCUT2D eigenvalue weighted by Gasteiger charge is 2.15. The maximum Gasteiger partial charge on any atom is 0.266 e. The van der Waals surface area contributed by atoms with E-state index in [4.69, 9.17) is 4.74 Å². The molecule has 1 heterocycles. The molecule has 6 nitrogen and oxygen atoms in total. The Kier molecular flexibility index (Phi) is 5.56. The molecule has 140 valence electrons. The van der Waals surface area contributed by atoms with E-state index in [0.29, 0.717) is 11.4 Å². The van der Waals surface area contributed by atoms with Crippen molar-refractivity contribution in [2.45, 2.75) is 13.8 Å². The van der Waals surface area contributed by atoms with Crippen LogP contribution in [0.15, 0.2) is 60.2 Å². The zero-order chi connectivity index (χ0) is 20.1. The molecule has 0 fully saturated rings. The minimum Gasteiger partial charge on any atom is -0.497 e. The van der Waals surface area contributed by atoms with E-state index in [0.717, 1.165) is 22.6 Å². The monoisotopic (exact) mass is 372 g/mol. The van der Waals surface area contributed by atoms with Crippen molar-refractivity contribution in [2.75, 3.05) is 12.4 Å². The van der Waals surface area contributed by atoms with Crippen molar-refractivity contribution in [2.24, 2.45) is 0 Å². The third-order valence-corrected chi connectivity index (χ3v) is 4.35. The number of para-hydroxylation sites is 1. The van der Waals surface area contributed by atoms with Crippen molar-refractivity contribution in [3.63, 3.8) is 0 Å². The van der Waals surface area contributed by atoms with Crippen molar-refractivity contribution in [1.82, 2.24) is 9.78 Å². The second-order valence-corrected chi connectivity index (χ2v) is 6.18. The number of nitrogens with one attached hydrogen (secondary N) is 1. The molecule has 3 aromatic rings. The molecule has 0 spiro atoms. The number of benzene rings is 2. The number of hydrogen-bond donors (Lipinski definition) is 1. The Labute approximate surface area is 163 Å². The van der Waals surface area contributed by atoms with Gasteiger partial charge in [0.25, 0.3) is 5.91 Å². The summed E-state index contributed by atoms with van der Waals surface area (Å²) in [6.45, 7) is 3.77. The third kappa shape index (κ3) is 3.94. The number of hydrogen-bond acceptors (Lipinski definition) is 4. The maximum atomic E-state index is 12.5. The summed E-state index contributed by atoms with van der Waals surface area (Å²) in [5, 5.41) is 16.8. The van der Waals surface area contributed by atoms with Gasteiger partial charge < -0.3 is 10.1 Å². The SMILES string of the molecule is COc1ccc(NC(=O)/C(C#N)=C\c2c(C)nn(-c3ccccc3)c2C)cc1. The lowest BCUT2D eigenvalue weighted by atomic mass is 10.1. The van der Waals surface area contributed by atoms with Gasteiger partial charge in [-0.2, -0.15) is 10.4 Å². The van der Waals surface area contributed by atoms with Crippen LogP contribution in [0.5, 0.6) is 5.75 Å². The zero-order valence-electron chi connectivity index (χ0n) is 15.9. The van der Waals surface area contributed by atoms with Gasteiger partial charge in [-0.15, -0.1) is 0 Å². The Bertz CT molecular complexity index is 1060. The molecule has 28 heavy (non-hydrogen) atoms. The van der Waals surface area contributed by atoms with Gasteiger partial charge in [0.2, 0.25) is 0 Å². The second-order valence-electron chi connectivity index (χ2n) is 6.18. The molecule has 0 atom stereocenters. The van der Waals surface area contributed by atoms with Crippen LogP contribution in [0.25, 0.3) is 11.8 Å². The van der Waals surface area contributed by atoms with E-state index in [-0.39, 0.29) is 5.57 Å². The summed E-state index contributed by atoms with van der Waals surface area (Å²) in [4.78, 5) is 12.5.